The molecule has 0 aliphatic carbocycles. The van der Waals surface area contributed by atoms with Crippen LogP contribution in [0.3, 0.4) is 0 Å². The molecule has 0 fully saturated rings. The summed E-state index contributed by atoms with van der Waals surface area (Å²) < 4.78 is 11.1. The number of nitrogens with one attached hydrogen (secondary N) is 2. The van der Waals surface area contributed by atoms with Gasteiger partial charge >= 0.3 is 0 Å². The molecule has 2 N–H and O–H groups in total. The van der Waals surface area contributed by atoms with Crippen molar-refractivity contribution in [1.82, 2.24) is 4.90 Å². The van der Waals surface area contributed by atoms with Crippen LogP contribution in [0.1, 0.15) is 18.1 Å². The Balaban J connectivity index is 1.62. The van der Waals surface area contributed by atoms with E-state index >= 15 is 0 Å². The standard InChI is InChI=1S/C21H25N3O3S/c1-4-24(13-19(25)23-20-14(2)6-5-7-15(20)3)21(28)22-16-8-9-17-18(12-16)27-11-10-26-17/h5-9,12H,4,10-11,13H2,1-3H3,(H,22,28)(H,23,25). The molecule has 1 amide bonds. The van der Waals surface area contributed by atoms with Crippen LogP contribution in [0.2, 0.25) is 0 Å². The number of hydrogen-bond acceptors (Lipinski definition) is 4. The maximum Gasteiger partial charge on any atom is 0.243 e. The summed E-state index contributed by atoms with van der Waals surface area (Å²) >= 11 is 5.51. The predicted octanol–water partition coefficient (Wildman–Crippen LogP) is 3.73. The van der Waals surface area contributed by atoms with Crippen LogP contribution < -0.4 is 20.1 Å². The third kappa shape index (κ3) is 4.72. The van der Waals surface area contributed by atoms with Crippen LogP contribution in [0, 0.1) is 13.8 Å². The number of benzene rings is 2. The number of ether oxygens (including phenoxy) is 2. The summed E-state index contributed by atoms with van der Waals surface area (Å²) in [5.41, 5.74) is 3.72. The lowest BCUT2D eigenvalue weighted by Crippen LogP contribution is -2.40. The van der Waals surface area contributed by atoms with E-state index in [1.54, 1.807) is 0 Å². The lowest BCUT2D eigenvalue weighted by Gasteiger charge is -2.25. The topological polar surface area (TPSA) is 62.8 Å². The fourth-order valence-electron chi connectivity index (χ4n) is 3.01. The number of para-hydroxylation sites is 1. The van der Waals surface area contributed by atoms with Crippen LogP contribution >= 0.6 is 12.2 Å². The van der Waals surface area contributed by atoms with E-state index in [0.717, 1.165) is 28.3 Å². The molecular weight excluding hydrogens is 374 g/mol. The second-order valence-electron chi connectivity index (χ2n) is 6.62. The molecule has 0 saturated heterocycles. The van der Waals surface area contributed by atoms with E-state index in [0.29, 0.717) is 30.6 Å². The molecule has 1 aliphatic rings. The number of fused-ring (bicyclic) bond motifs is 1. The van der Waals surface area contributed by atoms with Gasteiger partial charge in [-0.15, -0.1) is 0 Å². The first-order chi connectivity index (χ1) is 13.5. The molecule has 0 atom stereocenters. The van der Waals surface area contributed by atoms with Crippen LogP contribution in [0.25, 0.3) is 0 Å². The van der Waals surface area contributed by atoms with Gasteiger partial charge in [0, 0.05) is 24.0 Å². The Morgan fingerprint density at radius 3 is 2.43 bits per heavy atom. The molecule has 7 heteroatoms. The highest BCUT2D eigenvalue weighted by atomic mass is 32.1. The summed E-state index contributed by atoms with van der Waals surface area (Å²) in [6.45, 7) is 7.78. The van der Waals surface area contributed by atoms with Crippen LogP contribution in [-0.2, 0) is 4.79 Å². The van der Waals surface area contributed by atoms with Gasteiger partial charge in [-0.3, -0.25) is 4.79 Å². The summed E-state index contributed by atoms with van der Waals surface area (Å²) in [4.78, 5) is 14.4. The van der Waals surface area contributed by atoms with Gasteiger partial charge in [-0.25, -0.2) is 0 Å². The third-order valence-corrected chi connectivity index (χ3v) is 4.90. The Morgan fingerprint density at radius 1 is 1.07 bits per heavy atom. The van der Waals surface area contributed by atoms with E-state index < -0.39 is 0 Å². The molecule has 6 nitrogen and oxygen atoms in total. The molecule has 1 aliphatic heterocycles. The zero-order valence-electron chi connectivity index (χ0n) is 16.4. The molecule has 0 unspecified atom stereocenters. The first-order valence-electron chi connectivity index (χ1n) is 9.29. The van der Waals surface area contributed by atoms with Crippen molar-refractivity contribution in [2.45, 2.75) is 20.8 Å². The monoisotopic (exact) mass is 399 g/mol. The number of thiocarbonyl (C=S) groups is 1. The Bertz CT molecular complexity index is 865. The van der Waals surface area contributed by atoms with E-state index in [4.69, 9.17) is 21.7 Å². The van der Waals surface area contributed by atoms with Gasteiger partial charge < -0.3 is 25.0 Å². The van der Waals surface area contributed by atoms with Crippen molar-refractivity contribution in [2.75, 3.05) is 36.9 Å². The Morgan fingerprint density at radius 2 is 1.75 bits per heavy atom. The minimum absolute atomic E-state index is 0.106. The summed E-state index contributed by atoms with van der Waals surface area (Å²) in [5.74, 6) is 1.31. The number of amides is 1. The lowest BCUT2D eigenvalue weighted by molar-refractivity contribution is -0.116. The van der Waals surface area contributed by atoms with Crippen molar-refractivity contribution in [1.29, 1.82) is 0 Å². The number of anilines is 2. The van der Waals surface area contributed by atoms with Gasteiger partial charge in [0.25, 0.3) is 0 Å². The average Bonchev–Trinajstić information content (AvgIpc) is 2.69. The van der Waals surface area contributed by atoms with Gasteiger partial charge in [-0.2, -0.15) is 0 Å². The normalized spacial score (nSPS) is 12.2. The van der Waals surface area contributed by atoms with Gasteiger partial charge in [-0.05, 0) is 56.2 Å². The second kappa shape index (κ2) is 8.93. The van der Waals surface area contributed by atoms with E-state index in [1.165, 1.54) is 0 Å². The highest BCUT2D eigenvalue weighted by molar-refractivity contribution is 7.80. The average molecular weight is 400 g/mol. The summed E-state index contributed by atoms with van der Waals surface area (Å²) in [7, 11) is 0. The maximum absolute atomic E-state index is 12.6. The van der Waals surface area contributed by atoms with E-state index in [1.807, 2.05) is 62.1 Å². The number of rotatable bonds is 5. The highest BCUT2D eigenvalue weighted by Gasteiger charge is 2.16. The quantitative estimate of drug-likeness (QED) is 0.747. The molecule has 0 spiro atoms. The number of carbonyl (C=O) groups is 1. The molecule has 148 valence electrons. The highest BCUT2D eigenvalue weighted by Crippen LogP contribution is 2.32. The van der Waals surface area contributed by atoms with Gasteiger partial charge in [0.15, 0.2) is 16.6 Å². The Hall–Kier alpha value is -2.80. The maximum atomic E-state index is 12.6. The van der Waals surface area contributed by atoms with Gasteiger partial charge in [0.05, 0.1) is 6.54 Å². The lowest BCUT2D eigenvalue weighted by atomic mass is 10.1. The van der Waals surface area contributed by atoms with Crippen molar-refractivity contribution in [3.8, 4) is 11.5 Å². The van der Waals surface area contributed by atoms with Crippen molar-refractivity contribution in [3.63, 3.8) is 0 Å². The number of hydrogen-bond donors (Lipinski definition) is 2. The molecular formula is C21H25N3O3S. The van der Waals surface area contributed by atoms with Gasteiger partial charge in [0.1, 0.15) is 13.2 Å². The Kier molecular flexibility index (Phi) is 6.36. The minimum atomic E-state index is -0.106. The summed E-state index contributed by atoms with van der Waals surface area (Å²) in [5, 5.41) is 6.66. The molecule has 1 heterocycles. The van der Waals surface area contributed by atoms with Crippen LogP contribution in [-0.4, -0.2) is 42.2 Å². The summed E-state index contributed by atoms with van der Waals surface area (Å²) in [6.07, 6.45) is 0. The van der Waals surface area contributed by atoms with Crippen molar-refractivity contribution in [3.05, 3.63) is 47.5 Å². The van der Waals surface area contributed by atoms with Crippen molar-refractivity contribution >= 4 is 34.6 Å². The van der Waals surface area contributed by atoms with E-state index in [2.05, 4.69) is 10.6 Å². The molecule has 0 aromatic heterocycles. The van der Waals surface area contributed by atoms with Gasteiger partial charge in [0.2, 0.25) is 5.91 Å². The fraction of sp³-hybridized carbons (Fsp3) is 0.333. The van der Waals surface area contributed by atoms with Crippen LogP contribution in [0.5, 0.6) is 11.5 Å². The van der Waals surface area contributed by atoms with Crippen LogP contribution in [0.4, 0.5) is 11.4 Å². The molecule has 2 aromatic rings. The number of nitrogens with zero attached hydrogens (tertiary/aromatic N) is 1. The van der Waals surface area contributed by atoms with E-state index in [-0.39, 0.29) is 12.5 Å². The second-order valence-corrected chi connectivity index (χ2v) is 7.00. The molecule has 0 radical (unpaired) electrons. The zero-order chi connectivity index (χ0) is 20.1. The van der Waals surface area contributed by atoms with Crippen molar-refractivity contribution < 1.29 is 14.3 Å². The molecule has 28 heavy (non-hydrogen) atoms. The first-order valence-corrected chi connectivity index (χ1v) is 9.70. The Labute approximate surface area is 170 Å². The van der Waals surface area contributed by atoms with Crippen molar-refractivity contribution in [2.24, 2.45) is 0 Å². The third-order valence-electron chi connectivity index (χ3n) is 4.54. The first kappa shape index (κ1) is 19.9. The SMILES string of the molecule is CCN(CC(=O)Nc1c(C)cccc1C)C(=S)Nc1ccc2c(c1)OCCO2. The predicted molar refractivity (Wildman–Crippen MR) is 115 cm³/mol. The number of carbonyl (C=O) groups excluding carboxylic acids is 1. The fourth-order valence-corrected chi connectivity index (χ4v) is 3.33. The molecule has 0 saturated carbocycles. The largest absolute Gasteiger partial charge is 0.486 e. The molecule has 2 aromatic carbocycles. The zero-order valence-corrected chi connectivity index (χ0v) is 17.2. The number of likely N-dealkylation sites (N-methyl/N-ethyl adjacent to an activating group) is 1. The molecule has 0 bridgehead atoms. The minimum Gasteiger partial charge on any atom is -0.486 e. The summed E-state index contributed by atoms with van der Waals surface area (Å²) in [6, 6.07) is 11.5. The van der Waals surface area contributed by atoms with Crippen LogP contribution in [0.15, 0.2) is 36.4 Å². The smallest absolute Gasteiger partial charge is 0.243 e. The number of aryl methyl sites for hydroxylation is 2. The van der Waals surface area contributed by atoms with Gasteiger partial charge in [-0.1, -0.05) is 18.2 Å². The van der Waals surface area contributed by atoms with E-state index in [9.17, 15) is 4.79 Å². The molecule has 3 rings (SSSR count).